The molecule has 0 saturated carbocycles. The van der Waals surface area contributed by atoms with Crippen LogP contribution in [0.1, 0.15) is 42.7 Å². The molecule has 0 amide bonds. The highest BCUT2D eigenvalue weighted by molar-refractivity contribution is 5.88. The second kappa shape index (κ2) is 7.74. The Morgan fingerprint density at radius 1 is 1.24 bits per heavy atom. The van der Waals surface area contributed by atoms with Gasteiger partial charge in [0, 0.05) is 30.5 Å². The van der Waals surface area contributed by atoms with Gasteiger partial charge in [0.25, 0.3) is 0 Å². The van der Waals surface area contributed by atoms with Gasteiger partial charge in [0.05, 0.1) is 17.0 Å². The van der Waals surface area contributed by atoms with Crippen molar-refractivity contribution in [2.24, 2.45) is 5.92 Å². The number of hydrogen-bond acceptors (Lipinski definition) is 4. The van der Waals surface area contributed by atoms with Crippen molar-refractivity contribution in [1.29, 1.82) is 0 Å². The molecule has 25 heavy (non-hydrogen) atoms. The van der Waals surface area contributed by atoms with Crippen molar-refractivity contribution < 1.29 is 9.90 Å². The number of aromatic carboxylic acids is 1. The summed E-state index contributed by atoms with van der Waals surface area (Å²) in [5.41, 5.74) is 3.07. The van der Waals surface area contributed by atoms with Crippen LogP contribution in [0, 0.1) is 5.92 Å². The predicted octanol–water partition coefficient (Wildman–Crippen LogP) is 3.50. The third-order valence-electron chi connectivity index (χ3n) is 4.94. The van der Waals surface area contributed by atoms with Gasteiger partial charge in [-0.05, 0) is 57.7 Å². The van der Waals surface area contributed by atoms with Crippen LogP contribution in [0.25, 0.3) is 11.3 Å². The highest BCUT2D eigenvalue weighted by Crippen LogP contribution is 2.26. The topological polar surface area (TPSA) is 66.3 Å². The summed E-state index contributed by atoms with van der Waals surface area (Å²) in [6.07, 6.45) is 6.80. The molecule has 0 spiro atoms. The summed E-state index contributed by atoms with van der Waals surface area (Å²) >= 11 is 0. The lowest BCUT2D eigenvalue weighted by Crippen LogP contribution is -2.40. The zero-order valence-corrected chi connectivity index (χ0v) is 14.9. The number of aromatic nitrogens is 2. The molecule has 0 radical (unpaired) electrons. The predicted molar refractivity (Wildman–Crippen MR) is 97.6 cm³/mol. The number of carboxylic acids is 1. The van der Waals surface area contributed by atoms with Gasteiger partial charge in [-0.1, -0.05) is 12.1 Å². The number of nitrogens with zero attached hydrogens (tertiary/aromatic N) is 3. The van der Waals surface area contributed by atoms with Crippen molar-refractivity contribution in [3.05, 3.63) is 47.9 Å². The highest BCUT2D eigenvalue weighted by Gasteiger charge is 2.23. The lowest BCUT2D eigenvalue weighted by molar-refractivity contribution is 0.0697. The molecule has 2 aromatic rings. The van der Waals surface area contributed by atoms with Crippen molar-refractivity contribution in [3.63, 3.8) is 0 Å². The third kappa shape index (κ3) is 4.23. The number of benzene rings is 1. The Balaban J connectivity index is 1.80. The first-order valence-electron chi connectivity index (χ1n) is 8.92. The van der Waals surface area contributed by atoms with Gasteiger partial charge < -0.3 is 10.0 Å². The van der Waals surface area contributed by atoms with Crippen molar-refractivity contribution in [1.82, 2.24) is 14.9 Å². The molecule has 1 unspecified atom stereocenters. The molecule has 2 heterocycles. The zero-order valence-electron chi connectivity index (χ0n) is 14.9. The minimum absolute atomic E-state index is 0.286. The highest BCUT2D eigenvalue weighted by atomic mass is 16.4. The molecular formula is C20H25N3O2. The maximum Gasteiger partial charge on any atom is 0.335 e. The molecule has 1 aliphatic rings. The summed E-state index contributed by atoms with van der Waals surface area (Å²) < 4.78 is 0. The SMILES string of the molecule is CC(C)N1CCCC(Cc2nccnc2-c2ccc(C(=O)O)cc2)C1. The second-order valence-electron chi connectivity index (χ2n) is 7.04. The first-order chi connectivity index (χ1) is 12.0. The molecule has 1 N–H and O–H groups in total. The van der Waals surface area contributed by atoms with Gasteiger partial charge in [-0.15, -0.1) is 0 Å². The Kier molecular flexibility index (Phi) is 5.43. The Morgan fingerprint density at radius 2 is 1.96 bits per heavy atom. The third-order valence-corrected chi connectivity index (χ3v) is 4.94. The molecule has 5 nitrogen and oxygen atoms in total. The molecule has 0 aliphatic carbocycles. The van der Waals surface area contributed by atoms with E-state index < -0.39 is 5.97 Å². The van der Waals surface area contributed by atoms with Crippen LogP contribution in [-0.2, 0) is 6.42 Å². The van der Waals surface area contributed by atoms with E-state index in [0.717, 1.165) is 29.9 Å². The van der Waals surface area contributed by atoms with Gasteiger partial charge >= 0.3 is 5.97 Å². The van der Waals surface area contributed by atoms with Crippen molar-refractivity contribution >= 4 is 5.97 Å². The van der Waals surface area contributed by atoms with Gasteiger partial charge in [0.2, 0.25) is 0 Å². The molecule has 1 fully saturated rings. The fraction of sp³-hybridized carbons (Fsp3) is 0.450. The summed E-state index contributed by atoms with van der Waals surface area (Å²) in [7, 11) is 0. The molecule has 132 valence electrons. The number of likely N-dealkylation sites (tertiary alicyclic amines) is 1. The van der Waals surface area contributed by atoms with Gasteiger partial charge in [-0.25, -0.2) is 4.79 Å². The minimum atomic E-state index is -0.915. The summed E-state index contributed by atoms with van der Waals surface area (Å²) in [4.78, 5) is 22.7. The maximum atomic E-state index is 11.0. The summed E-state index contributed by atoms with van der Waals surface area (Å²) in [6, 6.07) is 7.46. The Bertz CT molecular complexity index is 728. The smallest absolute Gasteiger partial charge is 0.335 e. The van der Waals surface area contributed by atoms with E-state index in [9.17, 15) is 4.79 Å². The van der Waals surface area contributed by atoms with Crippen LogP contribution < -0.4 is 0 Å². The molecule has 1 aromatic heterocycles. The van der Waals surface area contributed by atoms with Gasteiger partial charge in [-0.3, -0.25) is 9.97 Å². The average molecular weight is 339 g/mol. The quantitative estimate of drug-likeness (QED) is 0.903. The molecule has 1 saturated heterocycles. The number of carbonyl (C=O) groups is 1. The molecular weight excluding hydrogens is 314 g/mol. The summed E-state index contributed by atoms with van der Waals surface area (Å²) in [5, 5.41) is 9.05. The second-order valence-corrected chi connectivity index (χ2v) is 7.04. The van der Waals surface area contributed by atoms with Crippen LogP contribution in [0.15, 0.2) is 36.7 Å². The lowest BCUT2D eigenvalue weighted by atomic mass is 9.91. The van der Waals surface area contributed by atoms with Crippen molar-refractivity contribution in [2.75, 3.05) is 13.1 Å². The number of carboxylic acid groups (broad SMARTS) is 1. The lowest BCUT2D eigenvalue weighted by Gasteiger charge is -2.35. The van der Waals surface area contributed by atoms with Crippen LogP contribution >= 0.6 is 0 Å². The van der Waals surface area contributed by atoms with Crippen LogP contribution in [-0.4, -0.2) is 45.1 Å². The molecule has 0 bridgehead atoms. The van der Waals surface area contributed by atoms with E-state index in [1.165, 1.54) is 19.4 Å². The maximum absolute atomic E-state index is 11.0. The van der Waals surface area contributed by atoms with Crippen molar-refractivity contribution in [2.45, 2.75) is 39.2 Å². The normalized spacial score (nSPS) is 18.4. The number of hydrogen-bond donors (Lipinski definition) is 1. The Labute approximate surface area is 148 Å². The van der Waals surface area contributed by atoms with Gasteiger partial charge in [-0.2, -0.15) is 0 Å². The van der Waals surface area contributed by atoms with Crippen LogP contribution in [0.2, 0.25) is 0 Å². The summed E-state index contributed by atoms with van der Waals surface area (Å²) in [5.74, 6) is -0.327. The van der Waals surface area contributed by atoms with Crippen LogP contribution in [0.5, 0.6) is 0 Å². The van der Waals surface area contributed by atoms with E-state index in [-0.39, 0.29) is 5.56 Å². The monoisotopic (exact) mass is 339 g/mol. The molecule has 5 heteroatoms. The van der Waals surface area contributed by atoms with Gasteiger partial charge in [0.1, 0.15) is 0 Å². The number of rotatable bonds is 5. The number of piperidine rings is 1. The van der Waals surface area contributed by atoms with Crippen LogP contribution in [0.3, 0.4) is 0 Å². The fourth-order valence-electron chi connectivity index (χ4n) is 3.53. The first-order valence-corrected chi connectivity index (χ1v) is 8.92. The van der Waals surface area contributed by atoms with E-state index in [4.69, 9.17) is 5.11 Å². The minimum Gasteiger partial charge on any atom is -0.478 e. The fourth-order valence-corrected chi connectivity index (χ4v) is 3.53. The van der Waals surface area contributed by atoms with E-state index in [1.54, 1.807) is 24.5 Å². The Morgan fingerprint density at radius 3 is 2.64 bits per heavy atom. The van der Waals surface area contributed by atoms with E-state index in [2.05, 4.69) is 28.7 Å². The van der Waals surface area contributed by atoms with E-state index in [1.807, 2.05) is 12.1 Å². The molecule has 1 aliphatic heterocycles. The van der Waals surface area contributed by atoms with Crippen LogP contribution in [0.4, 0.5) is 0 Å². The zero-order chi connectivity index (χ0) is 17.8. The largest absolute Gasteiger partial charge is 0.478 e. The van der Waals surface area contributed by atoms with E-state index >= 15 is 0 Å². The van der Waals surface area contributed by atoms with Crippen molar-refractivity contribution in [3.8, 4) is 11.3 Å². The molecule has 1 atom stereocenters. The molecule has 1 aromatic carbocycles. The first kappa shape index (κ1) is 17.5. The average Bonchev–Trinajstić information content (AvgIpc) is 2.62. The Hall–Kier alpha value is -2.27. The standard InChI is InChI=1S/C20H25N3O2/c1-14(2)23-11-3-4-15(13-23)12-18-19(22-10-9-21-18)16-5-7-17(8-6-16)20(24)25/h5-10,14-15H,3-4,11-13H2,1-2H3,(H,24,25). The van der Waals surface area contributed by atoms with Gasteiger partial charge in [0.15, 0.2) is 0 Å². The summed E-state index contributed by atoms with van der Waals surface area (Å²) in [6.45, 7) is 6.78. The van der Waals surface area contributed by atoms with E-state index in [0.29, 0.717) is 12.0 Å². The molecule has 3 rings (SSSR count).